The lowest BCUT2D eigenvalue weighted by atomic mass is 10.1. The van der Waals surface area contributed by atoms with Crippen LogP contribution < -0.4 is 10.1 Å². The Kier molecular flexibility index (Phi) is 5.86. The normalized spacial score (nSPS) is 12.8. The molecule has 0 saturated carbocycles. The van der Waals surface area contributed by atoms with E-state index in [0.29, 0.717) is 18.2 Å². The van der Waals surface area contributed by atoms with Crippen LogP contribution in [0.3, 0.4) is 0 Å². The molecule has 0 spiro atoms. The lowest BCUT2D eigenvalue weighted by molar-refractivity contribution is -0.127. The average molecular weight is 267 g/mol. The predicted octanol–water partition coefficient (Wildman–Crippen LogP) is 2.39. The van der Waals surface area contributed by atoms with E-state index in [9.17, 15) is 4.79 Å². The molecule has 0 aromatic carbocycles. The van der Waals surface area contributed by atoms with Gasteiger partial charge in [-0.1, -0.05) is 13.8 Å². The molecule has 0 aliphatic rings. The van der Waals surface area contributed by atoms with Crippen molar-refractivity contribution in [2.45, 2.75) is 53.2 Å². The summed E-state index contributed by atoms with van der Waals surface area (Å²) in [5.74, 6) is 1.12. The van der Waals surface area contributed by atoms with E-state index in [4.69, 9.17) is 4.74 Å². The Bertz CT molecular complexity index is 399. The molecule has 0 saturated heterocycles. The van der Waals surface area contributed by atoms with E-state index in [1.165, 1.54) is 0 Å². The van der Waals surface area contributed by atoms with Crippen molar-refractivity contribution in [3.05, 3.63) is 12.4 Å². The highest BCUT2D eigenvalue weighted by Gasteiger charge is 2.15. The maximum Gasteiger partial charge on any atom is 0.260 e. The fourth-order valence-electron chi connectivity index (χ4n) is 1.55. The SMILES string of the molecule is CC(C)CCNC(=O)C(C)Oc1cnn(C(C)C)c1. The van der Waals surface area contributed by atoms with Gasteiger partial charge in [0.2, 0.25) is 0 Å². The summed E-state index contributed by atoms with van der Waals surface area (Å²) >= 11 is 0. The molecule has 0 bridgehead atoms. The fourth-order valence-corrected chi connectivity index (χ4v) is 1.55. The minimum Gasteiger partial charge on any atom is -0.478 e. The zero-order valence-electron chi connectivity index (χ0n) is 12.5. The number of hydrogen-bond donors (Lipinski definition) is 1. The summed E-state index contributed by atoms with van der Waals surface area (Å²) in [5.41, 5.74) is 0. The van der Waals surface area contributed by atoms with Gasteiger partial charge in [0, 0.05) is 12.6 Å². The van der Waals surface area contributed by atoms with Gasteiger partial charge in [0.15, 0.2) is 11.9 Å². The van der Waals surface area contributed by atoms with Gasteiger partial charge in [-0.3, -0.25) is 9.48 Å². The number of hydrogen-bond acceptors (Lipinski definition) is 3. The number of nitrogens with one attached hydrogen (secondary N) is 1. The first-order chi connectivity index (χ1) is 8.90. The molecule has 108 valence electrons. The van der Waals surface area contributed by atoms with Crippen molar-refractivity contribution < 1.29 is 9.53 Å². The zero-order valence-corrected chi connectivity index (χ0v) is 12.5. The second-order valence-corrected chi connectivity index (χ2v) is 5.48. The van der Waals surface area contributed by atoms with Crippen LogP contribution in [-0.4, -0.2) is 28.3 Å². The van der Waals surface area contributed by atoms with Crippen LogP contribution in [-0.2, 0) is 4.79 Å². The average Bonchev–Trinajstić information content (AvgIpc) is 2.76. The second kappa shape index (κ2) is 7.16. The molecule has 1 amide bonds. The van der Waals surface area contributed by atoms with Crippen molar-refractivity contribution in [3.63, 3.8) is 0 Å². The van der Waals surface area contributed by atoms with Crippen molar-refractivity contribution >= 4 is 5.91 Å². The number of rotatable bonds is 7. The van der Waals surface area contributed by atoms with Gasteiger partial charge in [-0.05, 0) is 33.1 Å². The van der Waals surface area contributed by atoms with Gasteiger partial charge in [-0.2, -0.15) is 5.10 Å². The highest BCUT2D eigenvalue weighted by molar-refractivity contribution is 5.80. The van der Waals surface area contributed by atoms with Crippen molar-refractivity contribution in [2.24, 2.45) is 5.92 Å². The quantitative estimate of drug-likeness (QED) is 0.825. The molecule has 1 unspecified atom stereocenters. The van der Waals surface area contributed by atoms with Crippen LogP contribution in [0.5, 0.6) is 5.75 Å². The van der Waals surface area contributed by atoms with E-state index in [1.54, 1.807) is 17.8 Å². The maximum atomic E-state index is 11.8. The fraction of sp³-hybridized carbons (Fsp3) is 0.714. The molecule has 1 aromatic heterocycles. The summed E-state index contributed by atoms with van der Waals surface area (Å²) in [7, 11) is 0. The molecule has 0 aliphatic heterocycles. The van der Waals surface area contributed by atoms with Crippen molar-refractivity contribution in [1.82, 2.24) is 15.1 Å². The van der Waals surface area contributed by atoms with Gasteiger partial charge < -0.3 is 10.1 Å². The van der Waals surface area contributed by atoms with Crippen molar-refractivity contribution in [3.8, 4) is 5.75 Å². The smallest absolute Gasteiger partial charge is 0.260 e. The predicted molar refractivity (Wildman–Crippen MR) is 75.2 cm³/mol. The van der Waals surface area contributed by atoms with Crippen LogP contribution in [0.2, 0.25) is 0 Å². The first-order valence-electron chi connectivity index (χ1n) is 6.88. The first kappa shape index (κ1) is 15.5. The molecule has 0 fully saturated rings. The van der Waals surface area contributed by atoms with Gasteiger partial charge in [0.05, 0.1) is 12.4 Å². The van der Waals surface area contributed by atoms with Gasteiger partial charge in [-0.15, -0.1) is 0 Å². The molecular weight excluding hydrogens is 242 g/mol. The monoisotopic (exact) mass is 267 g/mol. The highest BCUT2D eigenvalue weighted by Crippen LogP contribution is 2.14. The van der Waals surface area contributed by atoms with Crippen LogP contribution in [0.1, 0.15) is 47.1 Å². The Hall–Kier alpha value is -1.52. The molecule has 5 heteroatoms. The molecule has 1 heterocycles. The number of carbonyl (C=O) groups excluding carboxylic acids is 1. The van der Waals surface area contributed by atoms with Crippen molar-refractivity contribution in [1.29, 1.82) is 0 Å². The van der Waals surface area contributed by atoms with E-state index >= 15 is 0 Å². The molecule has 1 rings (SSSR count). The number of carbonyl (C=O) groups is 1. The van der Waals surface area contributed by atoms with Crippen LogP contribution in [0.4, 0.5) is 0 Å². The Morgan fingerprint density at radius 1 is 1.37 bits per heavy atom. The van der Waals surface area contributed by atoms with Crippen LogP contribution in [0, 0.1) is 5.92 Å². The van der Waals surface area contributed by atoms with E-state index in [2.05, 4.69) is 24.3 Å². The summed E-state index contributed by atoms with van der Waals surface area (Å²) in [4.78, 5) is 11.8. The number of ether oxygens (including phenoxy) is 1. The van der Waals surface area contributed by atoms with Gasteiger partial charge in [0.25, 0.3) is 5.91 Å². The lowest BCUT2D eigenvalue weighted by Gasteiger charge is -2.14. The first-order valence-corrected chi connectivity index (χ1v) is 6.88. The lowest BCUT2D eigenvalue weighted by Crippen LogP contribution is -2.37. The van der Waals surface area contributed by atoms with Crippen LogP contribution >= 0.6 is 0 Å². The van der Waals surface area contributed by atoms with Crippen molar-refractivity contribution in [2.75, 3.05) is 6.54 Å². The van der Waals surface area contributed by atoms with E-state index < -0.39 is 6.10 Å². The standard InChI is InChI=1S/C14H25N3O2/c1-10(2)6-7-15-14(18)12(5)19-13-8-16-17(9-13)11(3)4/h8-12H,6-7H2,1-5H3,(H,15,18). The van der Waals surface area contributed by atoms with E-state index in [1.807, 2.05) is 20.0 Å². The summed E-state index contributed by atoms with van der Waals surface area (Å²) in [6.45, 7) is 10.8. The molecule has 5 nitrogen and oxygen atoms in total. The molecule has 0 aliphatic carbocycles. The third kappa shape index (κ3) is 5.32. The number of amides is 1. The third-order valence-electron chi connectivity index (χ3n) is 2.81. The molecule has 0 radical (unpaired) electrons. The van der Waals surface area contributed by atoms with Crippen LogP contribution in [0.15, 0.2) is 12.4 Å². The molecule has 1 N–H and O–H groups in total. The third-order valence-corrected chi connectivity index (χ3v) is 2.81. The summed E-state index contributed by atoms with van der Waals surface area (Å²) < 4.78 is 7.37. The van der Waals surface area contributed by atoms with Gasteiger partial charge in [-0.25, -0.2) is 0 Å². The number of aromatic nitrogens is 2. The highest BCUT2D eigenvalue weighted by atomic mass is 16.5. The Balaban J connectivity index is 2.40. The second-order valence-electron chi connectivity index (χ2n) is 5.48. The summed E-state index contributed by atoms with van der Waals surface area (Å²) in [5, 5.41) is 7.05. The van der Waals surface area contributed by atoms with Crippen LogP contribution in [0.25, 0.3) is 0 Å². The minimum atomic E-state index is -0.503. The Labute approximate surface area is 115 Å². The minimum absolute atomic E-state index is 0.0852. The van der Waals surface area contributed by atoms with Gasteiger partial charge >= 0.3 is 0 Å². The summed E-state index contributed by atoms with van der Waals surface area (Å²) in [6, 6.07) is 0.285. The molecule has 1 atom stereocenters. The Morgan fingerprint density at radius 2 is 2.05 bits per heavy atom. The maximum absolute atomic E-state index is 11.8. The Morgan fingerprint density at radius 3 is 2.58 bits per heavy atom. The molecular formula is C14H25N3O2. The molecule has 19 heavy (non-hydrogen) atoms. The zero-order chi connectivity index (χ0) is 14.4. The summed E-state index contributed by atoms with van der Waals surface area (Å²) in [6.07, 6.45) is 3.92. The van der Waals surface area contributed by atoms with Gasteiger partial charge in [0.1, 0.15) is 0 Å². The van der Waals surface area contributed by atoms with E-state index in [-0.39, 0.29) is 11.9 Å². The number of nitrogens with zero attached hydrogens (tertiary/aromatic N) is 2. The topological polar surface area (TPSA) is 56.1 Å². The molecule has 1 aromatic rings. The largest absolute Gasteiger partial charge is 0.478 e. The van der Waals surface area contributed by atoms with E-state index in [0.717, 1.165) is 6.42 Å².